The second-order valence-electron chi connectivity index (χ2n) is 4.13. The topological polar surface area (TPSA) is 81.4 Å². The Morgan fingerprint density at radius 1 is 1.14 bits per heavy atom. The lowest BCUT2D eigenvalue weighted by Gasteiger charge is -2.11. The van der Waals surface area contributed by atoms with Crippen molar-refractivity contribution < 1.29 is 21.9 Å². The Labute approximate surface area is 120 Å². The molecule has 21 heavy (non-hydrogen) atoms. The zero-order valence-electron chi connectivity index (χ0n) is 10.9. The molecule has 0 heterocycles. The molecule has 5 nitrogen and oxygen atoms in total. The van der Waals surface area contributed by atoms with Crippen LogP contribution in [0.5, 0.6) is 5.75 Å². The lowest BCUT2D eigenvalue weighted by molar-refractivity contribution is 0.416. The predicted molar refractivity (Wildman–Crippen MR) is 74.6 cm³/mol. The third-order valence-corrected chi connectivity index (χ3v) is 4.05. The summed E-state index contributed by atoms with van der Waals surface area (Å²) in [4.78, 5) is -0.162. The molecule has 0 spiro atoms. The van der Waals surface area contributed by atoms with E-state index in [0.717, 1.165) is 12.1 Å². The molecular weight excluding hydrogens is 302 g/mol. The molecule has 0 atom stereocenters. The van der Waals surface area contributed by atoms with Gasteiger partial charge in [0.15, 0.2) is 0 Å². The van der Waals surface area contributed by atoms with Crippen LogP contribution < -0.4 is 15.2 Å². The van der Waals surface area contributed by atoms with Crippen LogP contribution in [-0.2, 0) is 10.0 Å². The first-order valence-corrected chi connectivity index (χ1v) is 7.23. The van der Waals surface area contributed by atoms with Gasteiger partial charge >= 0.3 is 0 Å². The molecule has 0 bridgehead atoms. The second kappa shape index (κ2) is 5.57. The summed E-state index contributed by atoms with van der Waals surface area (Å²) >= 11 is 0. The van der Waals surface area contributed by atoms with Crippen LogP contribution in [0.1, 0.15) is 0 Å². The van der Waals surface area contributed by atoms with Crippen LogP contribution in [0.4, 0.5) is 20.2 Å². The Morgan fingerprint density at radius 2 is 1.86 bits per heavy atom. The normalized spacial score (nSPS) is 11.2. The van der Waals surface area contributed by atoms with Gasteiger partial charge in [0.1, 0.15) is 17.4 Å². The van der Waals surface area contributed by atoms with Gasteiger partial charge in [-0.05, 0) is 30.3 Å². The summed E-state index contributed by atoms with van der Waals surface area (Å²) in [6.07, 6.45) is 0. The van der Waals surface area contributed by atoms with E-state index in [1.807, 2.05) is 4.72 Å². The van der Waals surface area contributed by atoms with Gasteiger partial charge in [-0.2, -0.15) is 0 Å². The third-order valence-electron chi connectivity index (χ3n) is 2.69. The number of methoxy groups -OCH3 is 1. The van der Waals surface area contributed by atoms with E-state index in [1.165, 1.54) is 25.3 Å². The first-order chi connectivity index (χ1) is 9.83. The van der Waals surface area contributed by atoms with Crippen LogP contribution in [0.15, 0.2) is 41.3 Å². The van der Waals surface area contributed by atoms with E-state index in [0.29, 0.717) is 11.8 Å². The number of nitrogens with one attached hydrogen (secondary N) is 1. The van der Waals surface area contributed by atoms with Crippen molar-refractivity contribution in [1.82, 2.24) is 0 Å². The Morgan fingerprint density at radius 3 is 2.43 bits per heavy atom. The summed E-state index contributed by atoms with van der Waals surface area (Å²) < 4.78 is 57.5. The van der Waals surface area contributed by atoms with Crippen molar-refractivity contribution in [3.63, 3.8) is 0 Å². The van der Waals surface area contributed by atoms with E-state index in [2.05, 4.69) is 0 Å². The maximum atomic E-state index is 13.5. The number of halogens is 2. The molecule has 2 aromatic rings. The first kappa shape index (κ1) is 15.0. The predicted octanol–water partition coefficient (Wildman–Crippen LogP) is 2.36. The molecule has 0 radical (unpaired) electrons. The molecule has 112 valence electrons. The maximum Gasteiger partial charge on any atom is 0.262 e. The highest BCUT2D eigenvalue weighted by atomic mass is 32.2. The molecule has 0 aliphatic rings. The van der Waals surface area contributed by atoms with Crippen LogP contribution in [0.3, 0.4) is 0 Å². The molecule has 0 saturated carbocycles. The van der Waals surface area contributed by atoms with Gasteiger partial charge in [0.05, 0.1) is 23.4 Å². The molecule has 0 amide bonds. The molecule has 0 unspecified atom stereocenters. The van der Waals surface area contributed by atoms with Gasteiger partial charge in [0.25, 0.3) is 10.0 Å². The van der Waals surface area contributed by atoms with Gasteiger partial charge in [0.2, 0.25) is 0 Å². The SMILES string of the molecule is COc1ccc(S(=O)(=O)Nc2ccc(F)cc2F)cc1N. The Kier molecular flexibility index (Phi) is 3.99. The second-order valence-corrected chi connectivity index (χ2v) is 5.82. The summed E-state index contributed by atoms with van der Waals surface area (Å²) in [5.41, 5.74) is 5.40. The number of benzene rings is 2. The smallest absolute Gasteiger partial charge is 0.262 e. The van der Waals surface area contributed by atoms with Gasteiger partial charge in [0, 0.05) is 6.07 Å². The Hall–Kier alpha value is -2.35. The van der Waals surface area contributed by atoms with Gasteiger partial charge in [-0.15, -0.1) is 0 Å². The van der Waals surface area contributed by atoms with E-state index in [9.17, 15) is 17.2 Å². The molecule has 8 heteroatoms. The molecule has 0 fully saturated rings. The Bertz CT molecular complexity index is 779. The molecule has 0 saturated heterocycles. The summed E-state index contributed by atoms with van der Waals surface area (Å²) in [6, 6.07) is 6.35. The first-order valence-electron chi connectivity index (χ1n) is 5.75. The fourth-order valence-corrected chi connectivity index (χ4v) is 2.76. The fraction of sp³-hybridized carbons (Fsp3) is 0.0769. The van der Waals surface area contributed by atoms with E-state index in [-0.39, 0.29) is 16.3 Å². The minimum absolute atomic E-state index is 0.125. The van der Waals surface area contributed by atoms with Crippen LogP contribution in [-0.4, -0.2) is 15.5 Å². The summed E-state index contributed by atoms with van der Waals surface area (Å²) in [5, 5.41) is 0. The van der Waals surface area contributed by atoms with Crippen molar-refractivity contribution in [2.24, 2.45) is 0 Å². The lowest BCUT2D eigenvalue weighted by Crippen LogP contribution is -2.14. The highest BCUT2D eigenvalue weighted by molar-refractivity contribution is 7.92. The molecule has 0 aliphatic carbocycles. The number of ether oxygens (including phenoxy) is 1. The average Bonchev–Trinajstić information content (AvgIpc) is 2.42. The minimum atomic E-state index is -4.04. The largest absolute Gasteiger partial charge is 0.495 e. The highest BCUT2D eigenvalue weighted by Gasteiger charge is 2.18. The highest BCUT2D eigenvalue weighted by Crippen LogP contribution is 2.26. The number of hydrogen-bond acceptors (Lipinski definition) is 4. The van der Waals surface area contributed by atoms with E-state index in [4.69, 9.17) is 10.5 Å². The van der Waals surface area contributed by atoms with Crippen LogP contribution in [0, 0.1) is 11.6 Å². The van der Waals surface area contributed by atoms with Crippen molar-refractivity contribution in [1.29, 1.82) is 0 Å². The van der Waals surface area contributed by atoms with Crippen molar-refractivity contribution in [3.05, 3.63) is 48.0 Å². The number of hydrogen-bond donors (Lipinski definition) is 2. The molecule has 2 aromatic carbocycles. The zero-order chi connectivity index (χ0) is 15.6. The van der Waals surface area contributed by atoms with Gasteiger partial charge in [-0.3, -0.25) is 4.72 Å². The number of nitrogens with two attached hydrogens (primary N) is 1. The summed E-state index contributed by atoms with van der Waals surface area (Å²) in [7, 11) is -2.65. The van der Waals surface area contributed by atoms with Crippen LogP contribution in [0.25, 0.3) is 0 Å². The van der Waals surface area contributed by atoms with Crippen molar-refractivity contribution in [2.75, 3.05) is 17.6 Å². The average molecular weight is 314 g/mol. The monoisotopic (exact) mass is 314 g/mol. The Balaban J connectivity index is 2.36. The van der Waals surface area contributed by atoms with Crippen molar-refractivity contribution in [3.8, 4) is 5.75 Å². The van der Waals surface area contributed by atoms with Crippen molar-refractivity contribution in [2.45, 2.75) is 4.90 Å². The molecule has 3 N–H and O–H groups in total. The molecule has 0 aliphatic heterocycles. The number of rotatable bonds is 4. The van der Waals surface area contributed by atoms with E-state index in [1.54, 1.807) is 0 Å². The fourth-order valence-electron chi connectivity index (χ4n) is 1.66. The zero-order valence-corrected chi connectivity index (χ0v) is 11.7. The number of anilines is 2. The van der Waals surface area contributed by atoms with Crippen LogP contribution in [0.2, 0.25) is 0 Å². The maximum absolute atomic E-state index is 13.5. The van der Waals surface area contributed by atoms with E-state index >= 15 is 0 Å². The van der Waals surface area contributed by atoms with Gasteiger partial charge in [-0.25, -0.2) is 17.2 Å². The van der Waals surface area contributed by atoms with Crippen molar-refractivity contribution >= 4 is 21.4 Å². The van der Waals surface area contributed by atoms with Gasteiger partial charge < -0.3 is 10.5 Å². The third kappa shape index (κ3) is 3.22. The molecular formula is C13H12F2N2O3S. The quantitative estimate of drug-likeness (QED) is 0.849. The minimum Gasteiger partial charge on any atom is -0.495 e. The summed E-state index contributed by atoms with van der Waals surface area (Å²) in [6.45, 7) is 0. The molecule has 2 rings (SSSR count). The number of nitrogen functional groups attached to an aromatic ring is 1. The van der Waals surface area contributed by atoms with Gasteiger partial charge in [-0.1, -0.05) is 0 Å². The van der Waals surface area contributed by atoms with Crippen LogP contribution >= 0.6 is 0 Å². The summed E-state index contributed by atoms with van der Waals surface area (Å²) in [5.74, 6) is -1.49. The number of sulfonamides is 1. The molecule has 0 aromatic heterocycles. The standard InChI is InChI=1S/C13H12F2N2O3S/c1-20-13-5-3-9(7-11(13)16)21(18,19)17-12-4-2-8(14)6-10(12)15/h2-7,17H,16H2,1H3. The lowest BCUT2D eigenvalue weighted by atomic mass is 10.3. The van der Waals surface area contributed by atoms with E-state index < -0.39 is 21.7 Å².